The molecule has 4 atom stereocenters. The fourth-order valence-electron chi connectivity index (χ4n) is 4.97. The first kappa shape index (κ1) is 8.94. The van der Waals surface area contributed by atoms with Gasteiger partial charge >= 0.3 is 0 Å². The highest BCUT2D eigenvalue weighted by Crippen LogP contribution is 2.70. The van der Waals surface area contributed by atoms with E-state index in [1.165, 1.54) is 32.1 Å². The Balaban J connectivity index is 2.08. The van der Waals surface area contributed by atoms with E-state index in [1.54, 1.807) is 0 Å². The van der Waals surface area contributed by atoms with Crippen LogP contribution in [0, 0.1) is 22.7 Å². The van der Waals surface area contributed by atoms with Gasteiger partial charge in [0.2, 0.25) is 0 Å². The standard InChI is InChI=1S/C13H20O/c1-9-3-7-13-8-5-11(14)12(13,2)6-4-10(9)13/h9-10H,3-8H2,1-2H3. The maximum Gasteiger partial charge on any atom is 0.139 e. The quantitative estimate of drug-likeness (QED) is 0.576. The summed E-state index contributed by atoms with van der Waals surface area (Å²) in [6.07, 6.45) is 7.29. The summed E-state index contributed by atoms with van der Waals surface area (Å²) in [7, 11) is 0. The van der Waals surface area contributed by atoms with Gasteiger partial charge in [-0.3, -0.25) is 4.79 Å². The maximum atomic E-state index is 12.0. The summed E-state index contributed by atoms with van der Waals surface area (Å²) in [6, 6.07) is 0. The van der Waals surface area contributed by atoms with Gasteiger partial charge in [0.15, 0.2) is 0 Å². The van der Waals surface area contributed by atoms with E-state index in [4.69, 9.17) is 0 Å². The minimum Gasteiger partial charge on any atom is -0.299 e. The number of hydrogen-bond acceptors (Lipinski definition) is 1. The fourth-order valence-corrected chi connectivity index (χ4v) is 4.97. The zero-order valence-electron chi connectivity index (χ0n) is 9.31. The van der Waals surface area contributed by atoms with E-state index in [1.807, 2.05) is 0 Å². The van der Waals surface area contributed by atoms with Gasteiger partial charge in [-0.25, -0.2) is 0 Å². The van der Waals surface area contributed by atoms with E-state index in [-0.39, 0.29) is 5.41 Å². The molecule has 0 aromatic heterocycles. The Morgan fingerprint density at radius 1 is 1.21 bits per heavy atom. The van der Waals surface area contributed by atoms with Crippen LogP contribution < -0.4 is 0 Å². The Bertz CT molecular complexity index is 296. The van der Waals surface area contributed by atoms with Gasteiger partial charge in [0.1, 0.15) is 5.78 Å². The molecule has 0 aromatic rings. The molecular formula is C13H20O. The molecule has 1 nitrogen and oxygen atoms in total. The molecular weight excluding hydrogens is 172 g/mol. The van der Waals surface area contributed by atoms with Crippen molar-refractivity contribution in [3.05, 3.63) is 0 Å². The first-order chi connectivity index (χ1) is 6.60. The van der Waals surface area contributed by atoms with Gasteiger partial charge < -0.3 is 0 Å². The van der Waals surface area contributed by atoms with Crippen LogP contribution >= 0.6 is 0 Å². The minimum absolute atomic E-state index is 0.0857. The molecule has 3 saturated carbocycles. The molecule has 14 heavy (non-hydrogen) atoms. The van der Waals surface area contributed by atoms with Crippen LogP contribution in [0.4, 0.5) is 0 Å². The van der Waals surface area contributed by atoms with E-state index in [0.29, 0.717) is 11.2 Å². The molecule has 4 unspecified atom stereocenters. The van der Waals surface area contributed by atoms with Gasteiger partial charge in [-0.1, -0.05) is 13.8 Å². The molecule has 0 aliphatic heterocycles. The summed E-state index contributed by atoms with van der Waals surface area (Å²) in [4.78, 5) is 12.0. The second kappa shape index (κ2) is 2.43. The summed E-state index contributed by atoms with van der Waals surface area (Å²) < 4.78 is 0. The number of carbonyl (C=O) groups is 1. The van der Waals surface area contributed by atoms with Crippen molar-refractivity contribution in [1.82, 2.24) is 0 Å². The SMILES string of the molecule is CC1CCC23CCC(=O)C2(C)CCC13. The van der Waals surface area contributed by atoms with Crippen LogP contribution in [0.5, 0.6) is 0 Å². The van der Waals surface area contributed by atoms with Gasteiger partial charge in [-0.15, -0.1) is 0 Å². The van der Waals surface area contributed by atoms with Crippen LogP contribution in [0.2, 0.25) is 0 Å². The average molecular weight is 192 g/mol. The Morgan fingerprint density at radius 3 is 2.79 bits per heavy atom. The summed E-state index contributed by atoms with van der Waals surface area (Å²) in [6.45, 7) is 4.66. The van der Waals surface area contributed by atoms with Crippen molar-refractivity contribution in [2.45, 2.75) is 52.4 Å². The van der Waals surface area contributed by atoms with Gasteiger partial charge in [0.25, 0.3) is 0 Å². The monoisotopic (exact) mass is 192 g/mol. The molecule has 3 aliphatic carbocycles. The van der Waals surface area contributed by atoms with E-state index < -0.39 is 0 Å². The Kier molecular flexibility index (Phi) is 1.55. The first-order valence-electron chi connectivity index (χ1n) is 6.13. The van der Waals surface area contributed by atoms with Gasteiger partial charge in [-0.05, 0) is 49.4 Å². The normalized spacial score (nSPS) is 56.3. The molecule has 0 saturated heterocycles. The van der Waals surface area contributed by atoms with Crippen LogP contribution in [-0.4, -0.2) is 5.78 Å². The highest BCUT2D eigenvalue weighted by Gasteiger charge is 2.66. The zero-order valence-corrected chi connectivity index (χ0v) is 9.31. The smallest absolute Gasteiger partial charge is 0.139 e. The molecule has 1 heteroatoms. The third kappa shape index (κ3) is 0.730. The number of carbonyl (C=O) groups excluding carboxylic acids is 1. The van der Waals surface area contributed by atoms with Gasteiger partial charge in [0, 0.05) is 11.8 Å². The van der Waals surface area contributed by atoms with Crippen molar-refractivity contribution in [1.29, 1.82) is 0 Å². The Morgan fingerprint density at radius 2 is 2.00 bits per heavy atom. The Hall–Kier alpha value is -0.330. The summed E-state index contributed by atoms with van der Waals surface area (Å²) in [5.41, 5.74) is 0.534. The molecule has 3 aliphatic rings. The lowest BCUT2D eigenvalue weighted by Crippen LogP contribution is -2.36. The number of rotatable bonds is 0. The summed E-state index contributed by atoms with van der Waals surface area (Å²) in [5, 5.41) is 0. The van der Waals surface area contributed by atoms with Crippen molar-refractivity contribution >= 4 is 5.78 Å². The number of ketones is 1. The third-order valence-corrected chi connectivity index (χ3v) is 5.91. The lowest BCUT2D eigenvalue weighted by Gasteiger charge is -2.37. The average Bonchev–Trinajstić information content (AvgIpc) is 2.70. The lowest BCUT2D eigenvalue weighted by atomic mass is 9.66. The second-order valence-electron chi connectivity index (χ2n) is 6.07. The summed E-state index contributed by atoms with van der Waals surface area (Å²) >= 11 is 0. The van der Waals surface area contributed by atoms with Crippen LogP contribution in [-0.2, 0) is 4.79 Å². The van der Waals surface area contributed by atoms with Crippen molar-refractivity contribution in [3.8, 4) is 0 Å². The lowest BCUT2D eigenvalue weighted by molar-refractivity contribution is -0.127. The number of Topliss-reactive ketones (excluding diaryl/α,β-unsaturated/α-hetero) is 1. The van der Waals surface area contributed by atoms with E-state index in [9.17, 15) is 4.79 Å². The van der Waals surface area contributed by atoms with Crippen LogP contribution in [0.1, 0.15) is 52.4 Å². The highest BCUT2D eigenvalue weighted by molar-refractivity contribution is 5.88. The fraction of sp³-hybridized carbons (Fsp3) is 0.923. The molecule has 1 spiro atoms. The predicted octanol–water partition coefficient (Wildman–Crippen LogP) is 3.18. The summed E-state index contributed by atoms with van der Waals surface area (Å²) in [5.74, 6) is 2.33. The minimum atomic E-state index is 0.0857. The zero-order chi connectivity index (χ0) is 9.97. The maximum absolute atomic E-state index is 12.0. The van der Waals surface area contributed by atoms with Crippen molar-refractivity contribution < 1.29 is 4.79 Å². The van der Waals surface area contributed by atoms with Crippen molar-refractivity contribution in [3.63, 3.8) is 0 Å². The molecule has 0 aromatic carbocycles. The Labute approximate surface area is 86.3 Å². The number of hydrogen-bond donors (Lipinski definition) is 0. The largest absolute Gasteiger partial charge is 0.299 e. The second-order valence-corrected chi connectivity index (χ2v) is 6.07. The van der Waals surface area contributed by atoms with Crippen molar-refractivity contribution in [2.24, 2.45) is 22.7 Å². The first-order valence-corrected chi connectivity index (χ1v) is 6.13. The van der Waals surface area contributed by atoms with Gasteiger partial charge in [0.05, 0.1) is 0 Å². The molecule has 0 bridgehead atoms. The molecule has 0 heterocycles. The third-order valence-electron chi connectivity index (χ3n) is 5.91. The molecule has 0 amide bonds. The highest BCUT2D eigenvalue weighted by atomic mass is 16.1. The topological polar surface area (TPSA) is 17.1 Å². The van der Waals surface area contributed by atoms with Crippen LogP contribution in [0.15, 0.2) is 0 Å². The van der Waals surface area contributed by atoms with Crippen molar-refractivity contribution in [2.75, 3.05) is 0 Å². The molecule has 3 fully saturated rings. The van der Waals surface area contributed by atoms with Gasteiger partial charge in [-0.2, -0.15) is 0 Å². The van der Waals surface area contributed by atoms with E-state index in [2.05, 4.69) is 13.8 Å². The molecule has 0 radical (unpaired) electrons. The van der Waals surface area contributed by atoms with E-state index >= 15 is 0 Å². The molecule has 0 N–H and O–H groups in total. The van der Waals surface area contributed by atoms with E-state index in [0.717, 1.165) is 18.3 Å². The van der Waals surface area contributed by atoms with Crippen LogP contribution in [0.3, 0.4) is 0 Å². The molecule has 3 rings (SSSR count). The predicted molar refractivity (Wildman–Crippen MR) is 55.9 cm³/mol. The molecule has 78 valence electrons. The van der Waals surface area contributed by atoms with Crippen LogP contribution in [0.25, 0.3) is 0 Å².